The van der Waals surface area contributed by atoms with Gasteiger partial charge in [-0.1, -0.05) is 44.5 Å². The van der Waals surface area contributed by atoms with Crippen molar-refractivity contribution < 1.29 is 27.1 Å². The number of nitrogens with zero attached hydrogens (tertiary/aromatic N) is 6. The number of aromatic nitrogens is 3. The number of sulfonamides is 1. The number of likely N-dealkylation sites (tertiary alicyclic amines) is 1. The molecule has 3 aliphatic heterocycles. The van der Waals surface area contributed by atoms with Gasteiger partial charge in [-0.15, -0.1) is 0 Å². The van der Waals surface area contributed by atoms with E-state index >= 15 is 0 Å². The fraction of sp³-hybridized carbons (Fsp3) is 0.519. The highest BCUT2D eigenvalue weighted by molar-refractivity contribution is 7.93. The molecular formula is C52H65N9O7S2. The van der Waals surface area contributed by atoms with Crippen LogP contribution >= 0.6 is 0 Å². The summed E-state index contributed by atoms with van der Waals surface area (Å²) in [6.45, 7) is 7.79. The van der Waals surface area contributed by atoms with Crippen LogP contribution in [-0.2, 0) is 19.8 Å². The molecule has 1 atom stereocenters. The third-order valence-corrected chi connectivity index (χ3v) is 19.6. The number of nitro groups is 1. The third-order valence-electron chi connectivity index (χ3n) is 15.8. The monoisotopic (exact) mass is 991 g/mol. The number of nitrogens with one attached hydrogen (secondary N) is 3. The lowest BCUT2D eigenvalue weighted by Gasteiger charge is -2.56. The summed E-state index contributed by atoms with van der Waals surface area (Å²) in [5.41, 5.74) is 4.20. The first-order valence-corrected chi connectivity index (χ1v) is 28.6. The molecule has 1 amide bonds. The minimum atomic E-state index is -4.64. The van der Waals surface area contributed by atoms with Crippen LogP contribution in [0.2, 0.25) is 0 Å². The zero-order valence-corrected chi connectivity index (χ0v) is 41.8. The van der Waals surface area contributed by atoms with E-state index in [1.807, 2.05) is 12.1 Å². The number of amides is 1. The largest absolute Gasteiger partial charge is 0.455 e. The lowest BCUT2D eigenvalue weighted by atomic mass is 9.59. The van der Waals surface area contributed by atoms with E-state index in [1.54, 1.807) is 24.4 Å². The number of carbonyl (C=O) groups excluding carboxylic acids is 1. The average molecular weight is 992 g/mol. The topological polar surface area (TPSA) is 205 Å². The van der Waals surface area contributed by atoms with Crippen LogP contribution in [0.25, 0.3) is 11.0 Å². The average Bonchev–Trinajstić information content (AvgIpc) is 4.03. The van der Waals surface area contributed by atoms with Crippen LogP contribution in [0.1, 0.15) is 131 Å². The molecule has 0 bridgehead atoms. The van der Waals surface area contributed by atoms with Crippen molar-refractivity contribution in [1.29, 1.82) is 0 Å². The van der Waals surface area contributed by atoms with Gasteiger partial charge in [-0.25, -0.2) is 31.7 Å². The van der Waals surface area contributed by atoms with Crippen LogP contribution in [0.5, 0.6) is 11.5 Å². The number of carbonyl (C=O) groups is 1. The number of piperidine rings is 1. The second-order valence-electron chi connectivity index (χ2n) is 20.7. The molecule has 18 heteroatoms. The molecule has 5 fully saturated rings. The molecule has 2 saturated carbocycles. The van der Waals surface area contributed by atoms with Gasteiger partial charge < -0.3 is 19.9 Å². The molecule has 2 aromatic carbocycles. The third kappa shape index (κ3) is 10.3. The summed E-state index contributed by atoms with van der Waals surface area (Å²) in [4.78, 5) is 41.9. The number of ether oxygens (including phenoxy) is 1. The van der Waals surface area contributed by atoms with Crippen LogP contribution in [0.15, 0.2) is 88.5 Å². The molecule has 70 heavy (non-hydrogen) atoms. The predicted octanol–water partition coefficient (Wildman–Crippen LogP) is 10.1. The van der Waals surface area contributed by atoms with Crippen LogP contribution in [0, 0.1) is 21.4 Å². The first-order valence-electron chi connectivity index (χ1n) is 25.3. The highest BCUT2D eigenvalue weighted by atomic mass is 32.2. The van der Waals surface area contributed by atoms with Gasteiger partial charge in [-0.3, -0.25) is 19.8 Å². The summed E-state index contributed by atoms with van der Waals surface area (Å²) in [7, 11) is -6.76. The minimum Gasteiger partial charge on any atom is -0.455 e. The fourth-order valence-corrected chi connectivity index (χ4v) is 15.3. The number of aromatic amines is 1. The molecule has 6 heterocycles. The number of fused-ring (bicyclic) bond motifs is 1. The molecule has 3 N–H and O–H groups in total. The first-order chi connectivity index (χ1) is 33.7. The van der Waals surface area contributed by atoms with E-state index in [-0.39, 0.29) is 29.1 Å². The van der Waals surface area contributed by atoms with Gasteiger partial charge >= 0.3 is 5.69 Å². The molecule has 5 aromatic rings. The SMILES string of the molecule is CC(C)c1ccccc1[C@@H]1CCCN1C1CC2(CCN(c3ccc(C(=O)NS(=O)(=O)c4cnc(NCC5CCC(N=S6(=O)CCCCC6)CC5)c([N+](=O)[O-])c4)c(Oc4cnc5[nH]ccc5c4)c3)CC2)C1. The predicted molar refractivity (Wildman–Crippen MR) is 273 cm³/mol. The van der Waals surface area contributed by atoms with Crippen molar-refractivity contribution in [3.63, 3.8) is 0 Å². The molecule has 0 unspecified atom stereocenters. The number of H-pyrrole nitrogens is 1. The smallest absolute Gasteiger partial charge is 0.312 e. The molecule has 0 radical (unpaired) electrons. The Labute approximate surface area is 411 Å². The quantitative estimate of drug-likeness (QED) is 0.0702. The van der Waals surface area contributed by atoms with Gasteiger partial charge in [0.25, 0.3) is 15.9 Å². The molecule has 10 rings (SSSR count). The van der Waals surface area contributed by atoms with Crippen LogP contribution < -0.4 is 19.7 Å². The van der Waals surface area contributed by atoms with Crippen molar-refractivity contribution in [2.45, 2.75) is 126 Å². The molecule has 3 aromatic heterocycles. The minimum absolute atomic E-state index is 0.0372. The van der Waals surface area contributed by atoms with Crippen LogP contribution in [0.4, 0.5) is 17.2 Å². The fourth-order valence-electron chi connectivity index (χ4n) is 11.9. The van der Waals surface area contributed by atoms with Crippen molar-refractivity contribution in [3.8, 4) is 11.5 Å². The summed E-state index contributed by atoms with van der Waals surface area (Å²) in [5.74, 6) is 1.52. The van der Waals surface area contributed by atoms with Gasteiger partial charge in [-0.2, -0.15) is 0 Å². The van der Waals surface area contributed by atoms with Crippen molar-refractivity contribution >= 4 is 53.9 Å². The molecule has 2 aliphatic carbocycles. The number of hydrogen-bond acceptors (Lipinski definition) is 13. The van der Waals surface area contributed by atoms with E-state index in [1.165, 1.54) is 43.0 Å². The summed E-state index contributed by atoms with van der Waals surface area (Å²) in [6.07, 6.45) is 17.5. The second-order valence-corrected chi connectivity index (χ2v) is 25.0. The van der Waals surface area contributed by atoms with Gasteiger partial charge in [0.1, 0.15) is 22.0 Å². The summed E-state index contributed by atoms with van der Waals surface area (Å²) >= 11 is 0. The zero-order chi connectivity index (χ0) is 48.6. The summed E-state index contributed by atoms with van der Waals surface area (Å²) in [5, 5.41) is 16.2. The van der Waals surface area contributed by atoms with Gasteiger partial charge in [0.15, 0.2) is 0 Å². The van der Waals surface area contributed by atoms with E-state index in [0.29, 0.717) is 52.9 Å². The van der Waals surface area contributed by atoms with Crippen molar-refractivity contribution in [2.24, 2.45) is 15.7 Å². The Hall–Kier alpha value is -5.59. The number of hydrogen-bond donors (Lipinski definition) is 3. The Balaban J connectivity index is 0.807. The molecule has 372 valence electrons. The second kappa shape index (κ2) is 19.9. The van der Waals surface area contributed by atoms with Crippen molar-refractivity contribution in [3.05, 3.63) is 106 Å². The Kier molecular flexibility index (Phi) is 13.7. The van der Waals surface area contributed by atoms with Gasteiger partial charge in [0.05, 0.1) is 28.9 Å². The number of benzene rings is 2. The first kappa shape index (κ1) is 48.1. The molecular weight excluding hydrogens is 927 g/mol. The normalized spacial score (nSPS) is 22.7. The highest BCUT2D eigenvalue weighted by Crippen LogP contribution is 2.54. The molecule has 16 nitrogen and oxygen atoms in total. The standard InChI is InChI=1S/C52H65N9O7S2/c1-35(2)43-9-4-5-10-44(43)46-11-8-22-60(46)40-30-52(31-40)19-23-59(24-20-52)39-16-17-45(48(28-39)68-41-27-37-18-21-53-49(37)55-33-41)51(62)58-70(66,67)42-29-47(61(63)64)50(56-34-42)54-32-36-12-14-38(15-13-36)57-69(65)25-6-3-7-26-69/h4-5,9-10,16-18,21,27-29,33-36,38,40,46H,3,6-8,11-15,19-20,22-26,30-32H2,1-2H3,(H,53,55)(H,54,56)(H,58,62)/t36?,38?,46-/m0/s1. The van der Waals surface area contributed by atoms with Crippen molar-refractivity contribution in [2.75, 3.05) is 47.9 Å². The summed E-state index contributed by atoms with van der Waals surface area (Å²) < 4.78 is 54.1. The van der Waals surface area contributed by atoms with Gasteiger partial charge in [0.2, 0.25) is 5.82 Å². The Bertz CT molecular complexity index is 2970. The van der Waals surface area contributed by atoms with E-state index < -0.39 is 41.2 Å². The Morgan fingerprint density at radius 2 is 1.73 bits per heavy atom. The molecule has 5 aliphatic rings. The van der Waals surface area contributed by atoms with E-state index in [2.05, 4.69) is 72.9 Å². The van der Waals surface area contributed by atoms with E-state index in [9.17, 15) is 27.5 Å². The molecule has 1 spiro atoms. The highest BCUT2D eigenvalue weighted by Gasteiger charge is 2.50. The van der Waals surface area contributed by atoms with Gasteiger partial charge in [-0.05, 0) is 136 Å². The van der Waals surface area contributed by atoms with E-state index in [0.717, 1.165) is 101 Å². The van der Waals surface area contributed by atoms with Crippen LogP contribution in [0.3, 0.4) is 0 Å². The lowest BCUT2D eigenvalue weighted by Crippen LogP contribution is -2.54. The van der Waals surface area contributed by atoms with Crippen LogP contribution in [-0.4, -0.2) is 93.1 Å². The maximum absolute atomic E-state index is 14.1. The number of pyridine rings is 2. The van der Waals surface area contributed by atoms with E-state index in [4.69, 9.17) is 9.10 Å². The Morgan fingerprint density at radius 1 is 0.957 bits per heavy atom. The maximum atomic E-state index is 14.1. The number of anilines is 2. The molecule has 3 saturated heterocycles. The zero-order valence-electron chi connectivity index (χ0n) is 40.2. The number of rotatable bonds is 14. The summed E-state index contributed by atoms with van der Waals surface area (Å²) in [6, 6.07) is 19.8. The lowest BCUT2D eigenvalue weighted by molar-refractivity contribution is -0.384. The maximum Gasteiger partial charge on any atom is 0.312 e. The van der Waals surface area contributed by atoms with Crippen molar-refractivity contribution in [1.82, 2.24) is 24.6 Å². The van der Waals surface area contributed by atoms with Gasteiger partial charge in [0, 0.05) is 82.4 Å². The Morgan fingerprint density at radius 3 is 2.49 bits per heavy atom.